The van der Waals surface area contributed by atoms with Crippen LogP contribution in [0.25, 0.3) is 0 Å². The summed E-state index contributed by atoms with van der Waals surface area (Å²) in [5.41, 5.74) is 0.773. The molecule has 0 fully saturated rings. The number of nitrogens with zero attached hydrogens (tertiary/aromatic N) is 2. The topological polar surface area (TPSA) is 49.7 Å². The second-order valence-corrected chi connectivity index (χ2v) is 8.16. The number of hydrogen-bond donors (Lipinski definition) is 0. The summed E-state index contributed by atoms with van der Waals surface area (Å²) in [6.07, 6.45) is 0. The van der Waals surface area contributed by atoms with Crippen molar-refractivity contribution >= 4 is 38.6 Å². The number of aryl methyl sites for hydroxylation is 1. The predicted octanol–water partition coefficient (Wildman–Crippen LogP) is 2.75. The molecule has 0 radical (unpaired) electrons. The van der Waals surface area contributed by atoms with Crippen molar-refractivity contribution in [2.75, 3.05) is 13.1 Å². The maximum absolute atomic E-state index is 12.6. The molecule has 0 bridgehead atoms. The van der Waals surface area contributed by atoms with Crippen LogP contribution >= 0.6 is 23.4 Å². The summed E-state index contributed by atoms with van der Waals surface area (Å²) >= 11 is 7.46. The van der Waals surface area contributed by atoms with E-state index in [9.17, 15) is 8.42 Å². The number of hydrogen-bond acceptors (Lipinski definition) is 4. The molecule has 1 aromatic carbocycles. The van der Waals surface area contributed by atoms with Gasteiger partial charge in [0.1, 0.15) is 4.90 Å². The number of sulfonamides is 1. The molecule has 0 spiro atoms. The molecular formula is C12H13ClN2O2S2. The summed E-state index contributed by atoms with van der Waals surface area (Å²) in [7, 11) is -3.49. The highest BCUT2D eigenvalue weighted by Crippen LogP contribution is 2.41. The molecule has 1 aromatic rings. The lowest BCUT2D eigenvalue weighted by Crippen LogP contribution is -2.44. The third-order valence-electron chi connectivity index (χ3n) is 3.22. The van der Waals surface area contributed by atoms with Crippen molar-refractivity contribution in [2.45, 2.75) is 23.6 Å². The molecule has 2 aliphatic heterocycles. The number of fused-ring (bicyclic) bond motifs is 2. The largest absolute Gasteiger partial charge is 0.267 e. The predicted molar refractivity (Wildman–Crippen MR) is 77.4 cm³/mol. The van der Waals surface area contributed by atoms with Crippen LogP contribution in [0, 0.1) is 12.8 Å². The SMILES string of the molecule is Cc1cc2c(cc1Cl)SC1=NCC(C)CN1S2(=O)=O. The summed E-state index contributed by atoms with van der Waals surface area (Å²) in [4.78, 5) is 5.37. The first kappa shape index (κ1) is 13.3. The van der Waals surface area contributed by atoms with Crippen molar-refractivity contribution in [3.8, 4) is 0 Å². The molecule has 0 saturated carbocycles. The molecule has 7 heteroatoms. The van der Waals surface area contributed by atoms with Gasteiger partial charge in [-0.25, -0.2) is 12.7 Å². The Hall–Kier alpha value is -0.720. The highest BCUT2D eigenvalue weighted by atomic mass is 35.5. The Balaban J connectivity index is 2.21. The molecule has 0 saturated heterocycles. The van der Waals surface area contributed by atoms with Crippen molar-refractivity contribution < 1.29 is 8.42 Å². The summed E-state index contributed by atoms with van der Waals surface area (Å²) in [5, 5.41) is 1.14. The second-order valence-electron chi connectivity index (χ2n) is 4.91. The molecule has 19 heavy (non-hydrogen) atoms. The van der Waals surface area contributed by atoms with Gasteiger partial charge in [0.15, 0.2) is 5.17 Å². The van der Waals surface area contributed by atoms with E-state index in [1.54, 1.807) is 12.1 Å². The van der Waals surface area contributed by atoms with Gasteiger partial charge in [0.05, 0.1) is 0 Å². The summed E-state index contributed by atoms with van der Waals surface area (Å²) in [5.74, 6) is 0.245. The van der Waals surface area contributed by atoms with E-state index in [0.717, 1.165) is 5.56 Å². The van der Waals surface area contributed by atoms with Gasteiger partial charge < -0.3 is 0 Å². The van der Waals surface area contributed by atoms with Crippen molar-refractivity contribution in [2.24, 2.45) is 10.9 Å². The highest BCUT2D eigenvalue weighted by Gasteiger charge is 2.38. The van der Waals surface area contributed by atoms with Crippen LogP contribution in [-0.4, -0.2) is 31.0 Å². The number of benzene rings is 1. The summed E-state index contributed by atoms with van der Waals surface area (Å²) < 4.78 is 26.7. The van der Waals surface area contributed by atoms with Crippen LogP contribution in [0.15, 0.2) is 26.9 Å². The normalized spacial score (nSPS) is 24.5. The number of rotatable bonds is 0. The van der Waals surface area contributed by atoms with Crippen LogP contribution < -0.4 is 0 Å². The van der Waals surface area contributed by atoms with Crippen LogP contribution in [0.2, 0.25) is 5.02 Å². The van der Waals surface area contributed by atoms with E-state index in [4.69, 9.17) is 11.6 Å². The van der Waals surface area contributed by atoms with Gasteiger partial charge >= 0.3 is 0 Å². The average Bonchev–Trinajstić information content (AvgIpc) is 2.34. The van der Waals surface area contributed by atoms with Gasteiger partial charge in [-0.3, -0.25) is 4.99 Å². The van der Waals surface area contributed by atoms with Gasteiger partial charge in [0.25, 0.3) is 10.0 Å². The van der Waals surface area contributed by atoms with Crippen molar-refractivity contribution in [1.29, 1.82) is 0 Å². The molecule has 0 amide bonds. The molecule has 3 rings (SSSR count). The van der Waals surface area contributed by atoms with E-state index in [1.165, 1.54) is 16.1 Å². The minimum atomic E-state index is -3.49. The van der Waals surface area contributed by atoms with Gasteiger partial charge in [-0.15, -0.1) is 0 Å². The van der Waals surface area contributed by atoms with Gasteiger partial charge in [-0.2, -0.15) is 0 Å². The molecular weight excluding hydrogens is 304 g/mol. The van der Waals surface area contributed by atoms with E-state index in [0.29, 0.717) is 33.1 Å². The van der Waals surface area contributed by atoms with Crippen molar-refractivity contribution in [3.63, 3.8) is 0 Å². The minimum Gasteiger partial charge on any atom is -0.261 e. The Morgan fingerprint density at radius 1 is 1.47 bits per heavy atom. The molecule has 102 valence electrons. The van der Waals surface area contributed by atoms with Gasteiger partial charge in [0.2, 0.25) is 0 Å². The van der Waals surface area contributed by atoms with E-state index < -0.39 is 10.0 Å². The monoisotopic (exact) mass is 316 g/mol. The van der Waals surface area contributed by atoms with Crippen LogP contribution in [0.4, 0.5) is 0 Å². The summed E-state index contributed by atoms with van der Waals surface area (Å²) in [6, 6.07) is 3.36. The first-order valence-electron chi connectivity index (χ1n) is 5.95. The Bertz CT molecular complexity index is 685. The molecule has 0 aliphatic carbocycles. The van der Waals surface area contributed by atoms with E-state index in [1.807, 2.05) is 13.8 Å². The number of thioether (sulfide) groups is 1. The lowest BCUT2D eigenvalue weighted by Gasteiger charge is -2.35. The van der Waals surface area contributed by atoms with Gasteiger partial charge in [-0.1, -0.05) is 18.5 Å². The molecule has 2 aliphatic rings. The number of amidine groups is 1. The zero-order chi connectivity index (χ0) is 13.8. The Morgan fingerprint density at radius 2 is 2.21 bits per heavy atom. The fourth-order valence-corrected chi connectivity index (χ4v) is 5.67. The quantitative estimate of drug-likeness (QED) is 0.739. The molecule has 4 nitrogen and oxygen atoms in total. The molecule has 0 N–H and O–H groups in total. The van der Waals surface area contributed by atoms with Gasteiger partial charge in [-0.05, 0) is 42.3 Å². The van der Waals surface area contributed by atoms with E-state index >= 15 is 0 Å². The van der Waals surface area contributed by atoms with Crippen LogP contribution in [-0.2, 0) is 10.0 Å². The Labute approximate surface area is 121 Å². The zero-order valence-corrected chi connectivity index (χ0v) is 12.9. The zero-order valence-electron chi connectivity index (χ0n) is 10.6. The maximum Gasteiger partial charge on any atom is 0.267 e. The lowest BCUT2D eigenvalue weighted by atomic mass is 10.2. The maximum atomic E-state index is 12.6. The third-order valence-corrected chi connectivity index (χ3v) is 6.76. The third kappa shape index (κ3) is 2.06. The lowest BCUT2D eigenvalue weighted by molar-refractivity contribution is 0.433. The molecule has 1 unspecified atom stereocenters. The van der Waals surface area contributed by atoms with Gasteiger partial charge in [0, 0.05) is 23.0 Å². The average molecular weight is 317 g/mol. The van der Waals surface area contributed by atoms with E-state index in [2.05, 4.69) is 4.99 Å². The standard InChI is InChI=1S/C12H13ClN2O2S2/c1-7-5-14-12-15(6-7)19(16,17)11-3-8(2)9(13)4-10(11)18-12/h3-4,7H,5-6H2,1-2H3. The van der Waals surface area contributed by atoms with Crippen molar-refractivity contribution in [1.82, 2.24) is 4.31 Å². The molecule has 2 heterocycles. The highest BCUT2D eigenvalue weighted by molar-refractivity contribution is 8.16. The fraction of sp³-hybridized carbons (Fsp3) is 0.417. The van der Waals surface area contributed by atoms with Crippen LogP contribution in [0.1, 0.15) is 12.5 Å². The number of aliphatic imine (C=N–C) groups is 1. The smallest absolute Gasteiger partial charge is 0.261 e. The first-order chi connectivity index (χ1) is 8.89. The Kier molecular flexibility index (Phi) is 3.07. The van der Waals surface area contributed by atoms with E-state index in [-0.39, 0.29) is 5.92 Å². The van der Waals surface area contributed by atoms with Crippen molar-refractivity contribution in [3.05, 3.63) is 22.7 Å². The fourth-order valence-electron chi connectivity index (χ4n) is 2.15. The number of halogens is 1. The summed E-state index contributed by atoms with van der Waals surface area (Å²) in [6.45, 7) is 4.98. The van der Waals surface area contributed by atoms with Crippen LogP contribution in [0.3, 0.4) is 0 Å². The van der Waals surface area contributed by atoms with Crippen LogP contribution in [0.5, 0.6) is 0 Å². The minimum absolute atomic E-state index is 0.245. The first-order valence-corrected chi connectivity index (χ1v) is 8.58. The Morgan fingerprint density at radius 3 is 2.95 bits per heavy atom. The molecule has 0 aromatic heterocycles. The second kappa shape index (κ2) is 4.40. The molecule has 1 atom stereocenters.